The van der Waals surface area contributed by atoms with E-state index in [1.54, 1.807) is 18.5 Å². The summed E-state index contributed by atoms with van der Waals surface area (Å²) < 4.78 is 1.86. The summed E-state index contributed by atoms with van der Waals surface area (Å²) in [6.45, 7) is 3.76. The Morgan fingerprint density at radius 2 is 2.00 bits per heavy atom. The van der Waals surface area contributed by atoms with E-state index in [-0.39, 0.29) is 17.7 Å². The maximum absolute atomic E-state index is 12.6. The number of anilines is 2. The van der Waals surface area contributed by atoms with Gasteiger partial charge in [0.25, 0.3) is 5.91 Å². The zero-order valence-corrected chi connectivity index (χ0v) is 15.8. The lowest BCUT2D eigenvalue weighted by Gasteiger charge is -2.07. The molecule has 0 unspecified atom stereocenters. The first kappa shape index (κ1) is 17.4. The summed E-state index contributed by atoms with van der Waals surface area (Å²) in [5.74, 6) is 1.54. The molecule has 8 heteroatoms. The number of aryl methyl sites for hydroxylation is 2. The number of hydrogen-bond donors (Lipinski definition) is 2. The van der Waals surface area contributed by atoms with Crippen LogP contribution in [-0.4, -0.2) is 26.3 Å². The molecule has 138 valence electrons. The van der Waals surface area contributed by atoms with Gasteiger partial charge in [0.05, 0.1) is 21.8 Å². The Kier molecular flexibility index (Phi) is 4.49. The first-order valence-electron chi connectivity index (χ1n) is 8.70. The van der Waals surface area contributed by atoms with Crippen LogP contribution < -0.4 is 10.6 Å². The highest BCUT2D eigenvalue weighted by atomic mass is 32.1. The molecule has 1 fully saturated rings. The summed E-state index contributed by atoms with van der Waals surface area (Å²) in [6, 6.07) is 5.47. The second-order valence-corrected chi connectivity index (χ2v) is 7.64. The summed E-state index contributed by atoms with van der Waals surface area (Å²) in [7, 11) is 0. The van der Waals surface area contributed by atoms with Crippen molar-refractivity contribution < 1.29 is 9.59 Å². The second-order valence-electron chi connectivity index (χ2n) is 6.59. The molecule has 0 atom stereocenters. The fourth-order valence-electron chi connectivity index (χ4n) is 2.75. The third kappa shape index (κ3) is 3.75. The molecular weight excluding hydrogens is 362 g/mol. The molecule has 0 bridgehead atoms. The topological polar surface area (TPSA) is 88.9 Å². The summed E-state index contributed by atoms with van der Waals surface area (Å²) in [6.07, 6.45) is 7.07. The number of carbonyl (C=O) groups excluding carboxylic acids is 2. The number of pyridine rings is 1. The van der Waals surface area contributed by atoms with Gasteiger partial charge in [0.1, 0.15) is 11.6 Å². The minimum atomic E-state index is -0.210. The van der Waals surface area contributed by atoms with Gasteiger partial charge in [-0.3, -0.25) is 14.2 Å². The van der Waals surface area contributed by atoms with E-state index in [2.05, 4.69) is 20.6 Å². The molecule has 1 aliphatic rings. The van der Waals surface area contributed by atoms with Gasteiger partial charge in [-0.15, -0.1) is 11.3 Å². The predicted molar refractivity (Wildman–Crippen MR) is 104 cm³/mol. The van der Waals surface area contributed by atoms with Gasteiger partial charge in [0, 0.05) is 18.3 Å². The molecule has 3 heterocycles. The van der Waals surface area contributed by atoms with Crippen molar-refractivity contribution in [1.82, 2.24) is 14.5 Å². The van der Waals surface area contributed by atoms with Crippen molar-refractivity contribution in [3.63, 3.8) is 0 Å². The molecule has 3 aromatic rings. The molecule has 2 amide bonds. The van der Waals surface area contributed by atoms with Crippen molar-refractivity contribution in [2.75, 3.05) is 10.6 Å². The molecule has 0 aliphatic heterocycles. The van der Waals surface area contributed by atoms with Crippen LogP contribution in [0.3, 0.4) is 0 Å². The molecule has 1 aliphatic carbocycles. The van der Waals surface area contributed by atoms with Gasteiger partial charge in [-0.2, -0.15) is 0 Å². The summed E-state index contributed by atoms with van der Waals surface area (Å²) in [5, 5.41) is 6.46. The lowest BCUT2D eigenvalue weighted by molar-refractivity contribution is -0.117. The Morgan fingerprint density at radius 1 is 1.19 bits per heavy atom. The van der Waals surface area contributed by atoms with Gasteiger partial charge in [-0.05, 0) is 50.5 Å². The van der Waals surface area contributed by atoms with E-state index in [0.29, 0.717) is 15.6 Å². The summed E-state index contributed by atoms with van der Waals surface area (Å²) in [4.78, 5) is 33.6. The highest BCUT2D eigenvalue weighted by Gasteiger charge is 2.30. The highest BCUT2D eigenvalue weighted by Crippen LogP contribution is 2.33. The van der Waals surface area contributed by atoms with Crippen LogP contribution in [-0.2, 0) is 4.79 Å². The van der Waals surface area contributed by atoms with Gasteiger partial charge < -0.3 is 10.6 Å². The van der Waals surface area contributed by atoms with E-state index in [9.17, 15) is 9.59 Å². The number of amides is 2. The van der Waals surface area contributed by atoms with Crippen molar-refractivity contribution in [3.8, 4) is 5.82 Å². The monoisotopic (exact) mass is 381 g/mol. The number of carbonyl (C=O) groups is 2. The number of hydrogen-bond acceptors (Lipinski definition) is 5. The smallest absolute Gasteiger partial charge is 0.266 e. The lowest BCUT2D eigenvalue weighted by atomic mass is 10.2. The zero-order valence-electron chi connectivity index (χ0n) is 15.0. The second kappa shape index (κ2) is 6.96. The van der Waals surface area contributed by atoms with Crippen molar-refractivity contribution in [3.05, 3.63) is 53.1 Å². The van der Waals surface area contributed by atoms with Crippen LogP contribution in [0.5, 0.6) is 0 Å². The van der Waals surface area contributed by atoms with Crippen molar-refractivity contribution in [1.29, 1.82) is 0 Å². The maximum Gasteiger partial charge on any atom is 0.266 e. The number of thiophene rings is 1. The van der Waals surface area contributed by atoms with Gasteiger partial charge >= 0.3 is 0 Å². The average Bonchev–Trinajstić information content (AvgIpc) is 3.32. The zero-order chi connectivity index (χ0) is 19.0. The number of aromatic nitrogens is 3. The molecule has 0 radical (unpaired) electrons. The molecule has 4 rings (SSSR count). The molecule has 0 saturated heterocycles. The van der Waals surface area contributed by atoms with Crippen molar-refractivity contribution in [2.24, 2.45) is 5.92 Å². The van der Waals surface area contributed by atoms with Crippen LogP contribution in [0.1, 0.15) is 33.9 Å². The molecule has 0 spiro atoms. The van der Waals surface area contributed by atoms with Crippen LogP contribution in [0.2, 0.25) is 0 Å². The minimum absolute atomic E-state index is 0.0396. The third-order valence-corrected chi connectivity index (χ3v) is 5.55. The molecule has 27 heavy (non-hydrogen) atoms. The Hall–Kier alpha value is -3.00. The van der Waals surface area contributed by atoms with Crippen LogP contribution in [0, 0.1) is 19.8 Å². The number of nitrogens with zero attached hydrogens (tertiary/aromatic N) is 3. The van der Waals surface area contributed by atoms with Crippen molar-refractivity contribution in [2.45, 2.75) is 26.7 Å². The summed E-state index contributed by atoms with van der Waals surface area (Å²) in [5.41, 5.74) is 1.44. The van der Waals surface area contributed by atoms with E-state index in [1.165, 1.54) is 11.3 Å². The fourth-order valence-corrected chi connectivity index (χ4v) is 3.72. The fraction of sp³-hybridized carbons (Fsp3) is 0.263. The lowest BCUT2D eigenvalue weighted by Crippen LogP contribution is -2.12. The van der Waals surface area contributed by atoms with E-state index in [1.807, 2.05) is 36.7 Å². The maximum atomic E-state index is 12.6. The number of imidazole rings is 1. The van der Waals surface area contributed by atoms with E-state index >= 15 is 0 Å². The molecule has 1 saturated carbocycles. The van der Waals surface area contributed by atoms with E-state index < -0.39 is 0 Å². The van der Waals surface area contributed by atoms with Gasteiger partial charge in [0.15, 0.2) is 0 Å². The van der Waals surface area contributed by atoms with Crippen LogP contribution >= 0.6 is 11.3 Å². The molecule has 0 aromatic carbocycles. The van der Waals surface area contributed by atoms with E-state index in [0.717, 1.165) is 30.0 Å². The number of rotatable bonds is 5. The predicted octanol–water partition coefficient (Wildman–Crippen LogP) is 3.55. The molecule has 2 N–H and O–H groups in total. The highest BCUT2D eigenvalue weighted by molar-refractivity contribution is 7.18. The Balaban J connectivity index is 1.45. The SMILES string of the molecule is Cc1cc(NC(=O)C2CC2)sc1C(=O)Nc1ccc(-n2ccnc2C)nc1. The Labute approximate surface area is 160 Å². The number of nitrogens with one attached hydrogen (secondary N) is 2. The van der Waals surface area contributed by atoms with Crippen LogP contribution in [0.4, 0.5) is 10.7 Å². The Bertz CT molecular complexity index is 1000. The van der Waals surface area contributed by atoms with E-state index in [4.69, 9.17) is 0 Å². The van der Waals surface area contributed by atoms with Crippen molar-refractivity contribution >= 4 is 33.8 Å². The third-order valence-electron chi connectivity index (χ3n) is 4.40. The first-order chi connectivity index (χ1) is 13.0. The first-order valence-corrected chi connectivity index (χ1v) is 9.52. The standard InChI is InChI=1S/C19H19N5O2S/c1-11-9-16(23-18(25)13-3-4-13)27-17(11)19(26)22-14-5-6-15(21-10-14)24-8-7-20-12(24)2/h5-10,13H,3-4H2,1-2H3,(H,22,26)(H,23,25). The molecule has 3 aromatic heterocycles. The van der Waals surface area contributed by atoms with Crippen LogP contribution in [0.15, 0.2) is 36.8 Å². The Morgan fingerprint density at radius 3 is 2.63 bits per heavy atom. The normalized spacial score (nSPS) is 13.4. The summed E-state index contributed by atoms with van der Waals surface area (Å²) >= 11 is 1.29. The quantitative estimate of drug-likeness (QED) is 0.707. The minimum Gasteiger partial charge on any atom is -0.320 e. The molecule has 7 nitrogen and oxygen atoms in total. The van der Waals surface area contributed by atoms with Gasteiger partial charge in [-0.1, -0.05) is 0 Å². The van der Waals surface area contributed by atoms with Gasteiger partial charge in [0.2, 0.25) is 5.91 Å². The van der Waals surface area contributed by atoms with Crippen LogP contribution in [0.25, 0.3) is 5.82 Å². The molecular formula is C19H19N5O2S. The average molecular weight is 381 g/mol. The largest absolute Gasteiger partial charge is 0.320 e. The van der Waals surface area contributed by atoms with Gasteiger partial charge in [-0.25, -0.2) is 9.97 Å².